The lowest BCUT2D eigenvalue weighted by molar-refractivity contribution is 0.582. The van der Waals surface area contributed by atoms with E-state index in [1.54, 1.807) is 0 Å². The molecule has 3 aromatic carbocycles. The third-order valence-electron chi connectivity index (χ3n) is 6.30. The second-order valence-electron chi connectivity index (χ2n) is 11.2. The number of nitrogens with one attached hydrogen (secondary N) is 1. The third-order valence-corrected chi connectivity index (χ3v) is 6.30. The summed E-state index contributed by atoms with van der Waals surface area (Å²) in [6.07, 6.45) is 0. The van der Waals surface area contributed by atoms with E-state index in [2.05, 4.69) is 98.3 Å². The lowest BCUT2D eigenvalue weighted by Gasteiger charge is -2.18. The standard InChI is InChI=1S/C30H31N5O/c1-29(2,3)23-14-10-19(11-15-23)25-31-26(33-32-25)21-8-7-9-22(18-21)28-35-34-27(36-28)20-12-16-24(17-13-20)30(4,5)6/h7-18H,1-6H3,(H,31,32,33). The molecule has 2 aromatic heterocycles. The minimum atomic E-state index is 0.0923. The van der Waals surface area contributed by atoms with Crippen LogP contribution in [0.15, 0.2) is 77.2 Å². The molecule has 5 aromatic rings. The molecule has 0 amide bonds. The molecule has 0 unspecified atom stereocenters. The van der Waals surface area contributed by atoms with Crippen LogP contribution < -0.4 is 0 Å². The topological polar surface area (TPSA) is 80.5 Å². The molecular weight excluding hydrogens is 446 g/mol. The number of rotatable bonds is 4. The molecule has 0 atom stereocenters. The van der Waals surface area contributed by atoms with Gasteiger partial charge in [0, 0.05) is 22.3 Å². The Hall–Kier alpha value is -4.06. The first-order valence-electron chi connectivity index (χ1n) is 12.2. The fourth-order valence-electron chi connectivity index (χ4n) is 4.01. The van der Waals surface area contributed by atoms with E-state index in [9.17, 15) is 0 Å². The van der Waals surface area contributed by atoms with Crippen LogP contribution in [0.4, 0.5) is 0 Å². The first kappa shape index (κ1) is 23.7. The highest BCUT2D eigenvalue weighted by molar-refractivity contribution is 5.67. The fourth-order valence-corrected chi connectivity index (χ4v) is 4.01. The van der Waals surface area contributed by atoms with Gasteiger partial charge in [0.1, 0.15) is 0 Å². The molecule has 0 saturated carbocycles. The van der Waals surface area contributed by atoms with Crippen molar-refractivity contribution in [2.45, 2.75) is 52.4 Å². The van der Waals surface area contributed by atoms with E-state index >= 15 is 0 Å². The predicted octanol–water partition coefficient (Wildman–Crippen LogP) is 7.45. The van der Waals surface area contributed by atoms with Crippen LogP contribution in [0, 0.1) is 0 Å². The van der Waals surface area contributed by atoms with Gasteiger partial charge in [0.15, 0.2) is 11.6 Å². The number of aromatic nitrogens is 5. The monoisotopic (exact) mass is 477 g/mol. The summed E-state index contributed by atoms with van der Waals surface area (Å²) >= 11 is 0. The summed E-state index contributed by atoms with van der Waals surface area (Å²) in [6, 6.07) is 24.5. The molecule has 5 rings (SSSR count). The molecule has 0 saturated heterocycles. The maximum Gasteiger partial charge on any atom is 0.248 e. The van der Waals surface area contributed by atoms with Gasteiger partial charge >= 0.3 is 0 Å². The fraction of sp³-hybridized carbons (Fsp3) is 0.267. The average Bonchev–Trinajstić information content (AvgIpc) is 3.54. The van der Waals surface area contributed by atoms with Crippen LogP contribution in [0.2, 0.25) is 0 Å². The van der Waals surface area contributed by atoms with Crippen LogP contribution in [-0.2, 0) is 10.8 Å². The van der Waals surface area contributed by atoms with E-state index in [0.29, 0.717) is 17.6 Å². The highest BCUT2D eigenvalue weighted by Gasteiger charge is 2.17. The van der Waals surface area contributed by atoms with Crippen molar-refractivity contribution in [2.24, 2.45) is 0 Å². The molecule has 6 nitrogen and oxygen atoms in total. The molecule has 0 aliphatic carbocycles. The van der Waals surface area contributed by atoms with E-state index in [4.69, 9.17) is 9.40 Å². The molecule has 6 heteroatoms. The zero-order valence-electron chi connectivity index (χ0n) is 21.6. The molecule has 0 fully saturated rings. The summed E-state index contributed by atoms with van der Waals surface area (Å²) in [5.41, 5.74) is 6.32. The van der Waals surface area contributed by atoms with E-state index in [0.717, 1.165) is 28.1 Å². The second-order valence-corrected chi connectivity index (χ2v) is 11.2. The Morgan fingerprint density at radius 3 is 1.72 bits per heavy atom. The van der Waals surface area contributed by atoms with Crippen LogP contribution in [0.3, 0.4) is 0 Å². The summed E-state index contributed by atoms with van der Waals surface area (Å²) in [4.78, 5) is 4.72. The molecule has 182 valence electrons. The van der Waals surface area contributed by atoms with Crippen molar-refractivity contribution >= 4 is 0 Å². The van der Waals surface area contributed by atoms with Gasteiger partial charge in [-0.2, -0.15) is 5.10 Å². The third kappa shape index (κ3) is 4.85. The summed E-state index contributed by atoms with van der Waals surface area (Å²) < 4.78 is 6.01. The van der Waals surface area contributed by atoms with Crippen molar-refractivity contribution in [3.8, 4) is 45.7 Å². The molecule has 0 aliphatic rings. The molecule has 2 heterocycles. The minimum Gasteiger partial charge on any atom is -0.416 e. The summed E-state index contributed by atoms with van der Waals surface area (Å²) in [6.45, 7) is 13.2. The van der Waals surface area contributed by atoms with Gasteiger partial charge in [-0.15, -0.1) is 10.2 Å². The average molecular weight is 478 g/mol. The number of hydrogen-bond acceptors (Lipinski definition) is 5. The minimum absolute atomic E-state index is 0.0923. The first-order valence-corrected chi connectivity index (χ1v) is 12.2. The molecule has 0 spiro atoms. The number of benzene rings is 3. The first-order chi connectivity index (χ1) is 17.1. The van der Waals surface area contributed by atoms with Crippen molar-refractivity contribution in [1.82, 2.24) is 25.4 Å². The molecular formula is C30H31N5O. The van der Waals surface area contributed by atoms with Crippen LogP contribution >= 0.6 is 0 Å². The normalized spacial score (nSPS) is 12.2. The molecule has 36 heavy (non-hydrogen) atoms. The van der Waals surface area contributed by atoms with Gasteiger partial charge in [0.2, 0.25) is 11.8 Å². The Kier molecular flexibility index (Phi) is 5.83. The Morgan fingerprint density at radius 2 is 1.14 bits per heavy atom. The summed E-state index contributed by atoms with van der Waals surface area (Å²) in [5.74, 6) is 2.30. The second kappa shape index (κ2) is 8.86. The summed E-state index contributed by atoms with van der Waals surface area (Å²) in [5, 5.41) is 16.1. The van der Waals surface area contributed by atoms with Gasteiger partial charge in [-0.05, 0) is 46.2 Å². The summed E-state index contributed by atoms with van der Waals surface area (Å²) in [7, 11) is 0. The Labute approximate surface area is 211 Å². The smallest absolute Gasteiger partial charge is 0.248 e. The maximum atomic E-state index is 6.01. The number of nitrogens with zero attached hydrogens (tertiary/aromatic N) is 4. The van der Waals surface area contributed by atoms with Crippen molar-refractivity contribution in [2.75, 3.05) is 0 Å². The van der Waals surface area contributed by atoms with Gasteiger partial charge < -0.3 is 4.42 Å². The number of aromatic amines is 1. The lowest BCUT2D eigenvalue weighted by atomic mass is 9.87. The highest BCUT2D eigenvalue weighted by Crippen LogP contribution is 2.30. The Morgan fingerprint density at radius 1 is 0.611 bits per heavy atom. The highest BCUT2D eigenvalue weighted by atomic mass is 16.4. The molecule has 0 radical (unpaired) electrons. The molecule has 1 N–H and O–H groups in total. The van der Waals surface area contributed by atoms with Crippen molar-refractivity contribution < 1.29 is 4.42 Å². The van der Waals surface area contributed by atoms with Gasteiger partial charge in [0.05, 0.1) is 0 Å². The van der Waals surface area contributed by atoms with Gasteiger partial charge in [-0.1, -0.05) is 90.1 Å². The zero-order chi connectivity index (χ0) is 25.5. The van der Waals surface area contributed by atoms with Crippen molar-refractivity contribution in [3.05, 3.63) is 83.9 Å². The Bertz CT molecular complexity index is 1370. The SMILES string of the molecule is CC(C)(C)c1ccc(-c2nc(-c3cccc(-c4nnc(-c5ccc(C(C)(C)C)cc5)o4)c3)n[nH]2)cc1. The van der Waals surface area contributed by atoms with Gasteiger partial charge in [-0.25, -0.2) is 4.98 Å². The molecule has 0 aliphatic heterocycles. The number of hydrogen-bond donors (Lipinski definition) is 1. The van der Waals surface area contributed by atoms with Crippen LogP contribution in [0.25, 0.3) is 45.7 Å². The van der Waals surface area contributed by atoms with E-state index < -0.39 is 0 Å². The Balaban J connectivity index is 1.38. The van der Waals surface area contributed by atoms with Crippen LogP contribution in [-0.4, -0.2) is 25.4 Å². The van der Waals surface area contributed by atoms with Crippen molar-refractivity contribution in [1.29, 1.82) is 0 Å². The predicted molar refractivity (Wildman–Crippen MR) is 143 cm³/mol. The largest absolute Gasteiger partial charge is 0.416 e. The quantitative estimate of drug-likeness (QED) is 0.291. The molecule has 0 bridgehead atoms. The lowest BCUT2D eigenvalue weighted by Crippen LogP contribution is -2.10. The van der Waals surface area contributed by atoms with Gasteiger partial charge in [-0.3, -0.25) is 5.10 Å². The zero-order valence-corrected chi connectivity index (χ0v) is 21.6. The van der Waals surface area contributed by atoms with Crippen LogP contribution in [0.5, 0.6) is 0 Å². The van der Waals surface area contributed by atoms with Gasteiger partial charge in [0.25, 0.3) is 0 Å². The number of H-pyrrole nitrogens is 1. The van der Waals surface area contributed by atoms with E-state index in [1.807, 2.05) is 36.4 Å². The van der Waals surface area contributed by atoms with E-state index in [-0.39, 0.29) is 10.8 Å². The van der Waals surface area contributed by atoms with E-state index in [1.165, 1.54) is 11.1 Å². The van der Waals surface area contributed by atoms with Crippen molar-refractivity contribution in [3.63, 3.8) is 0 Å². The van der Waals surface area contributed by atoms with Crippen LogP contribution in [0.1, 0.15) is 52.7 Å². The maximum absolute atomic E-state index is 6.01.